The summed E-state index contributed by atoms with van der Waals surface area (Å²) in [6.45, 7) is 3.62. The number of para-hydroxylation sites is 2. The molecule has 0 fully saturated rings. The first-order valence-corrected chi connectivity index (χ1v) is 7.84. The zero-order chi connectivity index (χ0) is 15.3. The normalized spacial score (nSPS) is 11.7. The molecule has 1 aromatic carbocycles. The molecule has 1 aromatic rings. The quantitative estimate of drug-likeness (QED) is 0.742. The van der Waals surface area contributed by atoms with E-state index in [4.69, 9.17) is 22.7 Å². The Bertz CT molecular complexity index is 573. The first kappa shape index (κ1) is 16.7. The maximum absolute atomic E-state index is 12.1. The van der Waals surface area contributed by atoms with Gasteiger partial charge in [-0.1, -0.05) is 24.4 Å². The molecule has 0 amide bonds. The van der Waals surface area contributed by atoms with E-state index in [1.54, 1.807) is 38.1 Å². The van der Waals surface area contributed by atoms with Gasteiger partial charge >= 0.3 is 10.2 Å². The third-order valence-electron chi connectivity index (χ3n) is 2.60. The molecule has 0 bridgehead atoms. The van der Waals surface area contributed by atoms with Crippen molar-refractivity contribution in [1.29, 1.82) is 0 Å². The van der Waals surface area contributed by atoms with Gasteiger partial charge in [0.2, 0.25) is 0 Å². The van der Waals surface area contributed by atoms with Gasteiger partial charge in [-0.2, -0.15) is 12.7 Å². The van der Waals surface area contributed by atoms with Crippen LogP contribution in [0, 0.1) is 0 Å². The molecule has 0 aliphatic rings. The maximum atomic E-state index is 12.1. The van der Waals surface area contributed by atoms with E-state index in [2.05, 4.69) is 4.72 Å². The van der Waals surface area contributed by atoms with Crippen molar-refractivity contribution in [3.05, 3.63) is 24.3 Å². The number of benzene rings is 1. The third-order valence-corrected chi connectivity index (χ3v) is 4.38. The number of hydrogen-bond acceptors (Lipinski definition) is 4. The fourth-order valence-electron chi connectivity index (χ4n) is 1.31. The Morgan fingerprint density at radius 1 is 1.45 bits per heavy atom. The van der Waals surface area contributed by atoms with Crippen LogP contribution in [0.5, 0.6) is 5.75 Å². The minimum Gasteiger partial charge on any atom is -0.484 e. The predicted molar refractivity (Wildman–Crippen MR) is 84.2 cm³/mol. The van der Waals surface area contributed by atoms with Crippen molar-refractivity contribution in [2.45, 2.75) is 19.9 Å². The van der Waals surface area contributed by atoms with Gasteiger partial charge in [0, 0.05) is 13.1 Å². The highest BCUT2D eigenvalue weighted by atomic mass is 32.2. The molecule has 20 heavy (non-hydrogen) atoms. The fraction of sp³-hybridized carbons (Fsp3) is 0.417. The van der Waals surface area contributed by atoms with Gasteiger partial charge in [-0.3, -0.25) is 4.72 Å². The molecule has 3 N–H and O–H groups in total. The highest BCUT2D eigenvalue weighted by molar-refractivity contribution is 7.90. The van der Waals surface area contributed by atoms with Gasteiger partial charge in [-0.25, -0.2) is 0 Å². The minimum atomic E-state index is -3.63. The fourth-order valence-corrected chi connectivity index (χ4v) is 2.52. The average Bonchev–Trinajstić information content (AvgIpc) is 2.36. The summed E-state index contributed by atoms with van der Waals surface area (Å²) in [5.74, 6) is 0.376. The van der Waals surface area contributed by atoms with Gasteiger partial charge in [0.25, 0.3) is 0 Å². The Kier molecular flexibility index (Phi) is 5.73. The Labute approximate surface area is 125 Å². The van der Waals surface area contributed by atoms with Crippen LogP contribution >= 0.6 is 12.2 Å². The van der Waals surface area contributed by atoms with Gasteiger partial charge in [0.15, 0.2) is 0 Å². The molecule has 0 spiro atoms. The lowest BCUT2D eigenvalue weighted by Crippen LogP contribution is -2.37. The number of nitrogens with two attached hydrogens (primary N) is 1. The molecule has 0 atom stereocenters. The average molecular weight is 317 g/mol. The van der Waals surface area contributed by atoms with Crippen molar-refractivity contribution in [3.8, 4) is 5.75 Å². The molecule has 0 aliphatic heterocycles. The summed E-state index contributed by atoms with van der Waals surface area (Å²) >= 11 is 4.73. The van der Waals surface area contributed by atoms with Crippen LogP contribution in [0.4, 0.5) is 5.69 Å². The first-order valence-electron chi connectivity index (χ1n) is 6.00. The second-order valence-corrected chi connectivity index (χ2v) is 6.72. The van der Waals surface area contributed by atoms with Crippen LogP contribution in [0.15, 0.2) is 24.3 Å². The van der Waals surface area contributed by atoms with E-state index in [-0.39, 0.29) is 17.6 Å². The number of anilines is 1. The van der Waals surface area contributed by atoms with Gasteiger partial charge in [-0.15, -0.1) is 0 Å². The monoisotopic (exact) mass is 317 g/mol. The zero-order valence-electron chi connectivity index (χ0n) is 11.7. The lowest BCUT2D eigenvalue weighted by atomic mass is 10.3. The predicted octanol–water partition coefficient (Wildman–Crippen LogP) is 1.35. The molecule has 8 heteroatoms. The van der Waals surface area contributed by atoms with E-state index in [1.165, 1.54) is 11.4 Å². The molecular formula is C12H19N3O3S2. The van der Waals surface area contributed by atoms with Crippen LogP contribution in [-0.2, 0) is 10.2 Å². The van der Waals surface area contributed by atoms with Crippen molar-refractivity contribution in [2.75, 3.05) is 18.4 Å². The molecule has 0 aliphatic carbocycles. The van der Waals surface area contributed by atoms with E-state index in [0.717, 1.165) is 0 Å². The number of nitrogens with zero attached hydrogens (tertiary/aromatic N) is 1. The standard InChI is InChI=1S/C12H19N3O3S2/c1-9(2)15(3)20(16,17)14-10-6-4-5-7-11(10)18-8-12(13)19/h4-7,9,14H,8H2,1-3H3,(H2,13,19). The molecule has 6 nitrogen and oxygen atoms in total. The van der Waals surface area contributed by atoms with E-state index < -0.39 is 10.2 Å². The van der Waals surface area contributed by atoms with E-state index in [9.17, 15) is 8.42 Å². The van der Waals surface area contributed by atoms with Gasteiger partial charge in [0.05, 0.1) is 5.69 Å². The molecule has 0 radical (unpaired) electrons. The number of ether oxygens (including phenoxy) is 1. The van der Waals surface area contributed by atoms with Crippen molar-refractivity contribution in [2.24, 2.45) is 5.73 Å². The number of thiocarbonyl (C=S) groups is 1. The summed E-state index contributed by atoms with van der Waals surface area (Å²) in [6, 6.07) is 6.54. The SMILES string of the molecule is CC(C)N(C)S(=O)(=O)Nc1ccccc1OCC(N)=S. The molecule has 1 rings (SSSR count). The molecule has 0 saturated carbocycles. The Balaban J connectivity index is 2.95. The van der Waals surface area contributed by atoms with Crippen LogP contribution in [0.25, 0.3) is 0 Å². The third kappa shape index (κ3) is 4.62. The van der Waals surface area contributed by atoms with E-state index in [1.807, 2.05) is 0 Å². The summed E-state index contributed by atoms with van der Waals surface area (Å²) in [5.41, 5.74) is 5.71. The van der Waals surface area contributed by atoms with Crippen molar-refractivity contribution in [1.82, 2.24) is 4.31 Å². The van der Waals surface area contributed by atoms with Crippen LogP contribution in [0.3, 0.4) is 0 Å². The number of nitrogens with one attached hydrogen (secondary N) is 1. The highest BCUT2D eigenvalue weighted by Crippen LogP contribution is 2.25. The largest absolute Gasteiger partial charge is 0.484 e. The van der Waals surface area contributed by atoms with Crippen molar-refractivity contribution in [3.63, 3.8) is 0 Å². The molecule has 112 valence electrons. The van der Waals surface area contributed by atoms with Crippen LogP contribution < -0.4 is 15.2 Å². The van der Waals surface area contributed by atoms with Gasteiger partial charge in [-0.05, 0) is 26.0 Å². The molecular weight excluding hydrogens is 298 g/mol. The van der Waals surface area contributed by atoms with E-state index in [0.29, 0.717) is 11.4 Å². The number of rotatable bonds is 7. The summed E-state index contributed by atoms with van der Waals surface area (Å²) in [4.78, 5) is 0.196. The Morgan fingerprint density at radius 3 is 2.60 bits per heavy atom. The molecule has 0 heterocycles. The zero-order valence-corrected chi connectivity index (χ0v) is 13.3. The van der Waals surface area contributed by atoms with Gasteiger partial charge < -0.3 is 10.5 Å². The highest BCUT2D eigenvalue weighted by Gasteiger charge is 2.21. The Morgan fingerprint density at radius 2 is 2.05 bits per heavy atom. The van der Waals surface area contributed by atoms with Crippen LogP contribution in [0.1, 0.15) is 13.8 Å². The molecule has 0 aromatic heterocycles. The molecule has 0 saturated heterocycles. The van der Waals surface area contributed by atoms with E-state index >= 15 is 0 Å². The lowest BCUT2D eigenvalue weighted by Gasteiger charge is -2.22. The van der Waals surface area contributed by atoms with Crippen molar-refractivity contribution < 1.29 is 13.2 Å². The summed E-state index contributed by atoms with van der Waals surface area (Å²) < 4.78 is 33.4. The number of hydrogen-bond donors (Lipinski definition) is 2. The smallest absolute Gasteiger partial charge is 0.301 e. The minimum absolute atomic E-state index is 0.0497. The Hall–Kier alpha value is -1.38. The molecule has 0 unspecified atom stereocenters. The first-order chi connectivity index (χ1) is 9.24. The van der Waals surface area contributed by atoms with Crippen molar-refractivity contribution >= 4 is 33.1 Å². The van der Waals surface area contributed by atoms with Crippen LogP contribution in [-0.4, -0.2) is 37.4 Å². The second kappa shape index (κ2) is 6.87. The summed E-state index contributed by atoms with van der Waals surface area (Å²) in [7, 11) is -2.13. The van der Waals surface area contributed by atoms with Gasteiger partial charge in [0.1, 0.15) is 17.3 Å². The summed E-state index contributed by atoms with van der Waals surface area (Å²) in [6.07, 6.45) is 0. The second-order valence-electron chi connectivity index (χ2n) is 4.47. The van der Waals surface area contributed by atoms with Crippen LogP contribution in [0.2, 0.25) is 0 Å². The maximum Gasteiger partial charge on any atom is 0.301 e. The topological polar surface area (TPSA) is 84.7 Å². The lowest BCUT2D eigenvalue weighted by molar-refractivity contribution is 0.379. The summed E-state index contributed by atoms with van der Waals surface area (Å²) in [5, 5.41) is 0.